The number of carbonyl (C=O) groups excluding carboxylic acids is 1. The maximum absolute atomic E-state index is 11.4. The van der Waals surface area contributed by atoms with Crippen LogP contribution in [0.15, 0.2) is 0 Å². The lowest BCUT2D eigenvalue weighted by Gasteiger charge is -2.29. The van der Waals surface area contributed by atoms with Gasteiger partial charge >= 0.3 is 0 Å². The van der Waals surface area contributed by atoms with E-state index in [1.54, 1.807) is 0 Å². The summed E-state index contributed by atoms with van der Waals surface area (Å²) in [5, 5.41) is 5.88. The van der Waals surface area contributed by atoms with E-state index in [4.69, 9.17) is 4.74 Å². The van der Waals surface area contributed by atoms with E-state index in [0.29, 0.717) is 13.2 Å². The summed E-state index contributed by atoms with van der Waals surface area (Å²) in [4.78, 5) is 11.4. The first-order chi connectivity index (χ1) is 5.75. The summed E-state index contributed by atoms with van der Waals surface area (Å²) in [5.74, 6) is 0.0321. The maximum Gasteiger partial charge on any atom is 0.239 e. The third kappa shape index (κ3) is 2.19. The summed E-state index contributed by atoms with van der Waals surface area (Å²) >= 11 is 0. The first-order valence-corrected chi connectivity index (χ1v) is 4.38. The van der Waals surface area contributed by atoms with Gasteiger partial charge in [0.25, 0.3) is 0 Å². The Kier molecular flexibility index (Phi) is 3.49. The molecule has 1 heterocycles. The van der Waals surface area contributed by atoms with Crippen molar-refractivity contribution in [3.05, 3.63) is 0 Å². The molecule has 4 heteroatoms. The number of carbonyl (C=O) groups is 1. The minimum atomic E-state index is -0.182. The predicted molar refractivity (Wildman–Crippen MR) is 45.9 cm³/mol. The van der Waals surface area contributed by atoms with Gasteiger partial charge in [-0.05, 0) is 13.8 Å². The second kappa shape index (κ2) is 4.42. The summed E-state index contributed by atoms with van der Waals surface area (Å²) in [7, 11) is 0. The molecule has 1 rings (SSSR count). The zero-order valence-corrected chi connectivity index (χ0v) is 7.59. The highest BCUT2D eigenvalue weighted by atomic mass is 16.5. The first kappa shape index (κ1) is 9.48. The molecule has 0 bridgehead atoms. The standard InChI is InChI=1S/C8H16N2O2/c1-3-9-8(11)7-6(2)12-5-4-10-7/h6-7,10H,3-5H2,1-2H3,(H,9,11). The Morgan fingerprint density at radius 2 is 2.50 bits per heavy atom. The van der Waals surface area contributed by atoms with Gasteiger partial charge in [-0.3, -0.25) is 4.79 Å². The van der Waals surface area contributed by atoms with Gasteiger partial charge in [-0.1, -0.05) is 0 Å². The molecule has 2 atom stereocenters. The molecule has 0 saturated carbocycles. The molecule has 0 radical (unpaired) electrons. The number of ether oxygens (including phenoxy) is 1. The molecule has 1 fully saturated rings. The molecule has 2 N–H and O–H groups in total. The average Bonchev–Trinajstić information content (AvgIpc) is 2.05. The van der Waals surface area contributed by atoms with Crippen molar-refractivity contribution in [2.45, 2.75) is 26.0 Å². The zero-order chi connectivity index (χ0) is 8.97. The number of morpholine rings is 1. The largest absolute Gasteiger partial charge is 0.375 e. The van der Waals surface area contributed by atoms with E-state index in [1.165, 1.54) is 0 Å². The normalized spacial score (nSPS) is 29.8. The minimum absolute atomic E-state index is 0.0229. The molecule has 2 unspecified atom stereocenters. The fourth-order valence-corrected chi connectivity index (χ4v) is 1.31. The minimum Gasteiger partial charge on any atom is -0.375 e. The molecule has 70 valence electrons. The second-order valence-electron chi connectivity index (χ2n) is 2.90. The van der Waals surface area contributed by atoms with Gasteiger partial charge in [0.1, 0.15) is 6.04 Å². The molecule has 1 aliphatic rings. The van der Waals surface area contributed by atoms with E-state index in [9.17, 15) is 4.79 Å². The smallest absolute Gasteiger partial charge is 0.239 e. The molecule has 1 saturated heterocycles. The molecule has 0 aromatic rings. The van der Waals surface area contributed by atoms with E-state index >= 15 is 0 Å². The van der Waals surface area contributed by atoms with Crippen molar-refractivity contribution in [3.8, 4) is 0 Å². The third-order valence-electron chi connectivity index (χ3n) is 1.95. The number of likely N-dealkylation sites (N-methyl/N-ethyl adjacent to an activating group) is 1. The van der Waals surface area contributed by atoms with Crippen LogP contribution in [-0.4, -0.2) is 37.7 Å². The first-order valence-electron chi connectivity index (χ1n) is 4.38. The number of hydrogen-bond donors (Lipinski definition) is 2. The van der Waals surface area contributed by atoms with E-state index in [2.05, 4.69) is 10.6 Å². The van der Waals surface area contributed by atoms with E-state index in [1.807, 2.05) is 13.8 Å². The van der Waals surface area contributed by atoms with Gasteiger partial charge in [0, 0.05) is 13.1 Å². The van der Waals surface area contributed by atoms with Crippen molar-refractivity contribution in [3.63, 3.8) is 0 Å². The van der Waals surface area contributed by atoms with Crippen LogP contribution < -0.4 is 10.6 Å². The van der Waals surface area contributed by atoms with Gasteiger partial charge < -0.3 is 15.4 Å². The topological polar surface area (TPSA) is 50.4 Å². The number of rotatable bonds is 2. The van der Waals surface area contributed by atoms with Crippen LogP contribution in [0.5, 0.6) is 0 Å². The summed E-state index contributed by atoms with van der Waals surface area (Å²) < 4.78 is 5.33. The predicted octanol–water partition coefficient (Wildman–Crippen LogP) is -0.501. The van der Waals surface area contributed by atoms with Crippen LogP contribution in [-0.2, 0) is 9.53 Å². The number of nitrogens with one attached hydrogen (secondary N) is 2. The van der Waals surface area contributed by atoms with Gasteiger partial charge in [0.15, 0.2) is 0 Å². The van der Waals surface area contributed by atoms with E-state index < -0.39 is 0 Å². The summed E-state index contributed by atoms with van der Waals surface area (Å²) in [6.07, 6.45) is -0.0229. The summed E-state index contributed by atoms with van der Waals surface area (Å²) in [5.41, 5.74) is 0. The van der Waals surface area contributed by atoms with Crippen molar-refractivity contribution in [2.24, 2.45) is 0 Å². The summed E-state index contributed by atoms with van der Waals surface area (Å²) in [6, 6.07) is -0.182. The quantitative estimate of drug-likeness (QED) is 0.590. The average molecular weight is 172 g/mol. The Morgan fingerprint density at radius 1 is 1.75 bits per heavy atom. The third-order valence-corrected chi connectivity index (χ3v) is 1.95. The Labute approximate surface area is 72.7 Å². The van der Waals surface area contributed by atoms with Gasteiger partial charge in [0.2, 0.25) is 5.91 Å². The van der Waals surface area contributed by atoms with Crippen molar-refractivity contribution < 1.29 is 9.53 Å². The van der Waals surface area contributed by atoms with Crippen LogP contribution in [0.1, 0.15) is 13.8 Å². The highest BCUT2D eigenvalue weighted by Gasteiger charge is 2.27. The molecule has 12 heavy (non-hydrogen) atoms. The van der Waals surface area contributed by atoms with Crippen LogP contribution in [0.2, 0.25) is 0 Å². The lowest BCUT2D eigenvalue weighted by atomic mass is 10.1. The van der Waals surface area contributed by atoms with Crippen LogP contribution in [0, 0.1) is 0 Å². The molecule has 0 aromatic carbocycles. The monoisotopic (exact) mass is 172 g/mol. The number of amides is 1. The van der Waals surface area contributed by atoms with E-state index in [-0.39, 0.29) is 18.1 Å². The Balaban J connectivity index is 2.42. The maximum atomic E-state index is 11.4. The van der Waals surface area contributed by atoms with Gasteiger partial charge in [-0.15, -0.1) is 0 Å². The molecule has 4 nitrogen and oxygen atoms in total. The highest BCUT2D eigenvalue weighted by Crippen LogP contribution is 2.03. The second-order valence-corrected chi connectivity index (χ2v) is 2.90. The lowest BCUT2D eigenvalue weighted by molar-refractivity contribution is -0.128. The fourth-order valence-electron chi connectivity index (χ4n) is 1.31. The Morgan fingerprint density at radius 3 is 3.08 bits per heavy atom. The van der Waals surface area contributed by atoms with Crippen molar-refractivity contribution in [1.82, 2.24) is 10.6 Å². The SMILES string of the molecule is CCNC(=O)C1NCCOC1C. The molecular weight excluding hydrogens is 156 g/mol. The Hall–Kier alpha value is -0.610. The van der Waals surface area contributed by atoms with Crippen LogP contribution in [0.25, 0.3) is 0 Å². The zero-order valence-electron chi connectivity index (χ0n) is 7.59. The molecule has 0 aromatic heterocycles. The van der Waals surface area contributed by atoms with Crippen LogP contribution in [0.4, 0.5) is 0 Å². The van der Waals surface area contributed by atoms with E-state index in [0.717, 1.165) is 6.54 Å². The van der Waals surface area contributed by atoms with Gasteiger partial charge in [-0.2, -0.15) is 0 Å². The van der Waals surface area contributed by atoms with Gasteiger partial charge in [-0.25, -0.2) is 0 Å². The molecule has 0 aliphatic carbocycles. The summed E-state index contributed by atoms with van der Waals surface area (Å²) in [6.45, 7) is 5.94. The van der Waals surface area contributed by atoms with Crippen LogP contribution >= 0.6 is 0 Å². The molecular formula is C8H16N2O2. The molecule has 1 aliphatic heterocycles. The fraction of sp³-hybridized carbons (Fsp3) is 0.875. The van der Waals surface area contributed by atoms with Crippen molar-refractivity contribution >= 4 is 5.91 Å². The highest BCUT2D eigenvalue weighted by molar-refractivity contribution is 5.82. The van der Waals surface area contributed by atoms with Crippen molar-refractivity contribution in [1.29, 1.82) is 0 Å². The van der Waals surface area contributed by atoms with Crippen LogP contribution in [0.3, 0.4) is 0 Å². The Bertz CT molecular complexity index is 161. The molecule has 0 spiro atoms. The number of hydrogen-bond acceptors (Lipinski definition) is 3. The molecule has 1 amide bonds. The lowest BCUT2D eigenvalue weighted by Crippen LogP contribution is -2.55. The van der Waals surface area contributed by atoms with Crippen molar-refractivity contribution in [2.75, 3.05) is 19.7 Å². The van der Waals surface area contributed by atoms with Gasteiger partial charge in [0.05, 0.1) is 12.7 Å².